The molecule has 0 spiro atoms. The second kappa shape index (κ2) is 10.2. The maximum absolute atomic E-state index is 14.3. The lowest BCUT2D eigenvalue weighted by atomic mass is 9.90. The van der Waals surface area contributed by atoms with E-state index in [0.717, 1.165) is 44.1 Å². The zero-order valence-electron chi connectivity index (χ0n) is 23.0. The number of imidazole rings is 1. The summed E-state index contributed by atoms with van der Waals surface area (Å²) < 4.78 is 33.3. The van der Waals surface area contributed by atoms with Gasteiger partial charge in [-0.3, -0.25) is 9.47 Å². The smallest absolute Gasteiger partial charge is 0.392 e. The molecule has 1 N–H and O–H groups in total. The molecule has 216 valence electrons. The van der Waals surface area contributed by atoms with Gasteiger partial charge in [0.15, 0.2) is 0 Å². The average molecular weight is 573 g/mol. The number of carboxylic acid groups (broad SMARTS) is 1. The highest BCUT2D eigenvalue weighted by Crippen LogP contribution is 2.63. The number of likely N-dealkylation sites (tertiary alicyclic amines) is 1. The van der Waals surface area contributed by atoms with Gasteiger partial charge in [-0.1, -0.05) is 19.1 Å². The number of aromatic nitrogens is 4. The van der Waals surface area contributed by atoms with Crippen molar-refractivity contribution in [2.75, 3.05) is 19.7 Å². The molecule has 42 heavy (non-hydrogen) atoms. The Kier molecular flexibility index (Phi) is 6.44. The third-order valence-electron chi connectivity index (χ3n) is 9.13. The molecule has 2 saturated heterocycles. The maximum atomic E-state index is 14.3. The van der Waals surface area contributed by atoms with Gasteiger partial charge < -0.3 is 19.0 Å². The second-order valence-corrected chi connectivity index (χ2v) is 11.4. The molecule has 3 aliphatic rings. The molecular formula is C30H29FN6O5. The number of ether oxygens (including phenoxy) is 2. The minimum absolute atomic E-state index is 0.0258. The molecular weight excluding hydrogens is 543 g/mol. The van der Waals surface area contributed by atoms with E-state index in [1.54, 1.807) is 18.2 Å². The van der Waals surface area contributed by atoms with Crippen LogP contribution in [0.4, 0.5) is 4.39 Å². The van der Waals surface area contributed by atoms with E-state index in [1.165, 1.54) is 6.07 Å². The summed E-state index contributed by atoms with van der Waals surface area (Å²) in [5.41, 5.74) is 2.25. The molecule has 1 saturated carbocycles. The molecule has 7 rings (SSSR count). The Morgan fingerprint density at radius 3 is 2.86 bits per heavy atom. The molecule has 4 atom stereocenters. The molecule has 11 nitrogen and oxygen atoms in total. The first-order valence-electron chi connectivity index (χ1n) is 14.1. The summed E-state index contributed by atoms with van der Waals surface area (Å²) in [7, 11) is 0. The molecule has 3 fully saturated rings. The molecule has 5 heterocycles. The number of oxazole rings is 1. The predicted molar refractivity (Wildman–Crippen MR) is 145 cm³/mol. The van der Waals surface area contributed by atoms with Gasteiger partial charge in [0, 0.05) is 30.2 Å². The summed E-state index contributed by atoms with van der Waals surface area (Å²) in [6.07, 6.45) is 1.90. The fraction of sp³-hybridized carbons (Fsp3) is 0.433. The van der Waals surface area contributed by atoms with Crippen molar-refractivity contribution in [1.82, 2.24) is 24.4 Å². The summed E-state index contributed by atoms with van der Waals surface area (Å²) in [5, 5.41) is 18.3. The largest absolute Gasteiger partial charge is 0.474 e. The second-order valence-electron chi connectivity index (χ2n) is 11.4. The van der Waals surface area contributed by atoms with E-state index in [1.807, 2.05) is 22.8 Å². The number of benzene rings is 1. The van der Waals surface area contributed by atoms with Gasteiger partial charge >= 0.3 is 11.9 Å². The normalized spacial score (nSPS) is 25.0. The summed E-state index contributed by atoms with van der Waals surface area (Å²) >= 11 is 0. The molecule has 0 unspecified atom stereocenters. The van der Waals surface area contributed by atoms with Crippen LogP contribution < -0.4 is 4.74 Å². The van der Waals surface area contributed by atoms with Crippen molar-refractivity contribution in [1.29, 1.82) is 5.26 Å². The highest BCUT2D eigenvalue weighted by molar-refractivity contribution is 5.85. The summed E-state index contributed by atoms with van der Waals surface area (Å²) in [5.74, 6) is 0.00975. The Bertz CT molecular complexity index is 1720. The SMILES string of the molecule is C[C@H]1[C@H]2CN(Cc3nc4nc(C(=O)O)oc4n3C[C@@H]3CCO3)CC[C@]21c1cccc(OCc2ccc(C#N)cc2F)n1. The number of aromatic carboxylic acids is 1. The predicted octanol–water partition coefficient (Wildman–Crippen LogP) is 3.91. The lowest BCUT2D eigenvalue weighted by molar-refractivity contribution is -0.0595. The van der Waals surface area contributed by atoms with Gasteiger partial charge in [-0.25, -0.2) is 19.2 Å². The van der Waals surface area contributed by atoms with E-state index in [-0.39, 0.29) is 29.6 Å². The molecule has 1 aliphatic carbocycles. The van der Waals surface area contributed by atoms with Crippen LogP contribution in [0.1, 0.15) is 53.1 Å². The lowest BCUT2D eigenvalue weighted by Crippen LogP contribution is -2.37. The van der Waals surface area contributed by atoms with Crippen LogP contribution in [0, 0.1) is 29.0 Å². The van der Waals surface area contributed by atoms with E-state index in [9.17, 15) is 14.3 Å². The van der Waals surface area contributed by atoms with Gasteiger partial charge in [-0.15, -0.1) is 0 Å². The van der Waals surface area contributed by atoms with Crippen molar-refractivity contribution in [3.63, 3.8) is 0 Å². The number of pyridine rings is 1. The fourth-order valence-corrected chi connectivity index (χ4v) is 6.59. The first-order chi connectivity index (χ1) is 20.4. The summed E-state index contributed by atoms with van der Waals surface area (Å²) in [6, 6.07) is 12.0. The minimum Gasteiger partial charge on any atom is -0.474 e. The number of nitriles is 1. The van der Waals surface area contributed by atoms with Gasteiger partial charge in [-0.2, -0.15) is 10.2 Å². The average Bonchev–Trinajstić information content (AvgIpc) is 3.21. The van der Waals surface area contributed by atoms with Gasteiger partial charge in [0.1, 0.15) is 18.2 Å². The van der Waals surface area contributed by atoms with Gasteiger partial charge in [0.2, 0.25) is 17.2 Å². The van der Waals surface area contributed by atoms with Crippen molar-refractivity contribution in [3.8, 4) is 11.9 Å². The van der Waals surface area contributed by atoms with Crippen molar-refractivity contribution in [2.45, 2.75) is 51.0 Å². The lowest BCUT2D eigenvalue weighted by Gasteiger charge is -2.32. The van der Waals surface area contributed by atoms with Crippen molar-refractivity contribution in [3.05, 3.63) is 70.8 Å². The van der Waals surface area contributed by atoms with Crippen LogP contribution in [0.2, 0.25) is 0 Å². The topological polar surface area (TPSA) is 140 Å². The third-order valence-corrected chi connectivity index (χ3v) is 9.13. The van der Waals surface area contributed by atoms with E-state index >= 15 is 0 Å². The van der Waals surface area contributed by atoms with Crippen molar-refractivity contribution >= 4 is 17.3 Å². The zero-order valence-corrected chi connectivity index (χ0v) is 23.0. The molecule has 4 aromatic rings. The molecule has 12 heteroatoms. The Balaban J connectivity index is 1.05. The fourth-order valence-electron chi connectivity index (χ4n) is 6.59. The molecule has 1 aromatic carbocycles. The van der Waals surface area contributed by atoms with E-state index in [4.69, 9.17) is 24.1 Å². The number of rotatable bonds is 9. The van der Waals surface area contributed by atoms with Crippen LogP contribution in [0.25, 0.3) is 11.4 Å². The molecule has 0 amide bonds. The molecule has 0 bridgehead atoms. The van der Waals surface area contributed by atoms with Crippen LogP contribution in [-0.2, 0) is 29.8 Å². The van der Waals surface area contributed by atoms with Crippen LogP contribution >= 0.6 is 0 Å². The van der Waals surface area contributed by atoms with Crippen LogP contribution in [0.15, 0.2) is 40.8 Å². The first kappa shape index (κ1) is 26.6. The van der Waals surface area contributed by atoms with Crippen molar-refractivity contribution in [2.24, 2.45) is 11.8 Å². The number of carboxylic acids is 1. The summed E-state index contributed by atoms with van der Waals surface area (Å²) in [6.45, 7) is 5.84. The zero-order chi connectivity index (χ0) is 29.0. The Labute approximate surface area is 240 Å². The quantitative estimate of drug-likeness (QED) is 0.314. The number of fused-ring (bicyclic) bond motifs is 2. The number of nitrogens with zero attached hydrogens (tertiary/aromatic N) is 6. The molecule has 3 aromatic heterocycles. The summed E-state index contributed by atoms with van der Waals surface area (Å²) in [4.78, 5) is 27.3. The Morgan fingerprint density at radius 1 is 1.29 bits per heavy atom. The number of piperidine rings is 1. The standard InChI is InChI=1S/C30H29FN6O5/c1-17-21-14-36(15-24-34-26-28(42-27(35-26)29(38)39)37(24)13-20-7-10-40-20)9-8-30(17,21)23-3-2-4-25(33-23)41-16-19-6-5-18(12-32)11-22(19)31/h2-6,11,17,20-21H,7-10,13-16H2,1H3,(H,38,39)/t17-,20-,21+,30+/m0/s1. The number of carbonyl (C=O) groups is 1. The third kappa shape index (κ3) is 4.49. The van der Waals surface area contributed by atoms with Crippen molar-refractivity contribution < 1.29 is 28.2 Å². The van der Waals surface area contributed by atoms with Crippen LogP contribution in [0.3, 0.4) is 0 Å². The van der Waals surface area contributed by atoms with Crippen LogP contribution in [0.5, 0.6) is 5.88 Å². The first-order valence-corrected chi connectivity index (χ1v) is 14.1. The number of hydrogen-bond acceptors (Lipinski definition) is 9. The Hall–Kier alpha value is -4.34. The minimum atomic E-state index is -1.22. The molecule has 0 radical (unpaired) electrons. The van der Waals surface area contributed by atoms with Gasteiger partial charge in [0.25, 0.3) is 0 Å². The number of hydrogen-bond donors (Lipinski definition) is 1. The van der Waals surface area contributed by atoms with Gasteiger partial charge in [0.05, 0.1) is 36.5 Å². The Morgan fingerprint density at radius 2 is 2.14 bits per heavy atom. The van der Waals surface area contributed by atoms with Gasteiger partial charge in [-0.05, 0) is 49.4 Å². The van der Waals surface area contributed by atoms with E-state index in [2.05, 4.69) is 21.8 Å². The number of halogens is 1. The highest BCUT2D eigenvalue weighted by atomic mass is 19.1. The van der Waals surface area contributed by atoms with E-state index < -0.39 is 11.8 Å². The molecule has 2 aliphatic heterocycles. The highest BCUT2D eigenvalue weighted by Gasteiger charge is 2.65. The maximum Gasteiger partial charge on any atom is 0.392 e. The van der Waals surface area contributed by atoms with E-state index in [0.29, 0.717) is 47.7 Å². The van der Waals surface area contributed by atoms with Crippen LogP contribution in [-0.4, -0.2) is 61.3 Å². The monoisotopic (exact) mass is 572 g/mol.